The molecule has 4 aliphatic rings. The second kappa shape index (κ2) is 11.7. The van der Waals surface area contributed by atoms with E-state index in [0.29, 0.717) is 18.8 Å². The van der Waals surface area contributed by atoms with Crippen molar-refractivity contribution in [2.24, 2.45) is 22.7 Å². The number of cyclic esters (lactones) is 1. The molecule has 45 heavy (non-hydrogen) atoms. The van der Waals surface area contributed by atoms with Crippen LogP contribution in [0.3, 0.4) is 0 Å². The van der Waals surface area contributed by atoms with Crippen LogP contribution in [-0.4, -0.2) is 51.8 Å². The SMILES string of the molecule is CC(=O)O[C@@H]1CC[C@]2(C)[C@H](CC[C@@]3(CO3)[C@H]2/C=C/C2=CCOC2=O)[C@]1(C)CO[Si](c1ccccc1)(c1ccccc1)C(C)(C)C. The summed E-state index contributed by atoms with van der Waals surface area (Å²) >= 11 is 0. The highest BCUT2D eigenvalue weighted by molar-refractivity contribution is 6.99. The smallest absolute Gasteiger partial charge is 0.338 e. The largest absolute Gasteiger partial charge is 0.462 e. The third kappa shape index (κ3) is 5.45. The van der Waals surface area contributed by atoms with Crippen molar-refractivity contribution in [3.63, 3.8) is 0 Å². The highest BCUT2D eigenvalue weighted by atomic mass is 28.4. The van der Waals surface area contributed by atoms with E-state index in [0.717, 1.165) is 32.3 Å². The Balaban J connectivity index is 1.42. The van der Waals surface area contributed by atoms with Crippen molar-refractivity contribution in [2.45, 2.75) is 84.0 Å². The van der Waals surface area contributed by atoms with E-state index in [2.05, 4.69) is 101 Å². The zero-order valence-corrected chi connectivity index (χ0v) is 28.6. The summed E-state index contributed by atoms with van der Waals surface area (Å²) in [5, 5.41) is 2.30. The first kappa shape index (κ1) is 32.0. The summed E-state index contributed by atoms with van der Waals surface area (Å²) in [6.45, 7) is 14.6. The molecule has 1 spiro atoms. The molecule has 0 N–H and O–H groups in total. The van der Waals surface area contributed by atoms with E-state index in [-0.39, 0.29) is 45.9 Å². The molecule has 6 nitrogen and oxygen atoms in total. The van der Waals surface area contributed by atoms with Crippen molar-refractivity contribution in [3.05, 3.63) is 84.5 Å². The van der Waals surface area contributed by atoms with Crippen molar-refractivity contribution in [1.82, 2.24) is 0 Å². The number of rotatable bonds is 8. The Hall–Kier alpha value is -3.00. The van der Waals surface area contributed by atoms with Crippen LogP contribution >= 0.6 is 0 Å². The number of hydrogen-bond donors (Lipinski definition) is 0. The first-order chi connectivity index (χ1) is 21.4. The lowest BCUT2D eigenvalue weighted by Gasteiger charge is -2.61. The molecular formula is C38H48O6Si. The fourth-order valence-corrected chi connectivity index (χ4v) is 13.9. The van der Waals surface area contributed by atoms with Crippen molar-refractivity contribution in [3.8, 4) is 0 Å². The van der Waals surface area contributed by atoms with Crippen molar-refractivity contribution < 1.29 is 28.2 Å². The molecule has 3 fully saturated rings. The molecular weight excluding hydrogens is 580 g/mol. The van der Waals surface area contributed by atoms with Gasteiger partial charge in [-0.25, -0.2) is 4.79 Å². The zero-order chi connectivity index (χ0) is 32.1. The number of carbonyl (C=O) groups excluding carboxylic acids is 2. The molecule has 1 saturated heterocycles. The fraction of sp³-hybridized carbons (Fsp3) is 0.526. The van der Waals surface area contributed by atoms with Gasteiger partial charge in [-0.05, 0) is 58.5 Å². The van der Waals surface area contributed by atoms with E-state index in [9.17, 15) is 9.59 Å². The number of fused-ring (bicyclic) bond motifs is 1. The first-order valence-corrected chi connectivity index (χ1v) is 18.4. The Bertz CT molecular complexity index is 1430. The van der Waals surface area contributed by atoms with E-state index in [1.807, 2.05) is 12.2 Å². The van der Waals surface area contributed by atoms with Crippen LogP contribution in [0.2, 0.25) is 5.04 Å². The molecule has 7 heteroatoms. The maximum Gasteiger partial charge on any atom is 0.338 e. The molecule has 6 atom stereocenters. The first-order valence-electron chi connectivity index (χ1n) is 16.5. The van der Waals surface area contributed by atoms with E-state index in [4.69, 9.17) is 18.6 Å². The number of carbonyl (C=O) groups is 2. The summed E-state index contributed by atoms with van der Waals surface area (Å²) in [5.74, 6) is -0.198. The summed E-state index contributed by atoms with van der Waals surface area (Å²) in [5.41, 5.74) is -0.185. The third-order valence-electron chi connectivity index (χ3n) is 11.5. The van der Waals surface area contributed by atoms with Gasteiger partial charge in [-0.3, -0.25) is 4.79 Å². The van der Waals surface area contributed by atoms with Crippen LogP contribution in [0.1, 0.15) is 67.2 Å². The van der Waals surface area contributed by atoms with Gasteiger partial charge in [0.25, 0.3) is 8.32 Å². The minimum atomic E-state index is -2.84. The van der Waals surface area contributed by atoms with E-state index in [1.165, 1.54) is 17.3 Å². The topological polar surface area (TPSA) is 74.4 Å². The molecule has 0 bridgehead atoms. The van der Waals surface area contributed by atoms with Gasteiger partial charge in [-0.2, -0.15) is 0 Å². The zero-order valence-electron chi connectivity index (χ0n) is 27.6. The maximum absolute atomic E-state index is 12.6. The van der Waals surface area contributed by atoms with Gasteiger partial charge in [0, 0.05) is 24.9 Å². The average Bonchev–Trinajstić information content (AvgIpc) is 3.65. The Kier molecular flexibility index (Phi) is 8.28. The summed E-state index contributed by atoms with van der Waals surface area (Å²) in [4.78, 5) is 24.9. The Morgan fingerprint density at radius 1 is 1.00 bits per heavy atom. The van der Waals surface area contributed by atoms with Crippen LogP contribution in [0.15, 0.2) is 84.5 Å². The Morgan fingerprint density at radius 2 is 1.62 bits per heavy atom. The molecule has 240 valence electrons. The fourth-order valence-electron chi connectivity index (χ4n) is 9.23. The Morgan fingerprint density at radius 3 is 2.13 bits per heavy atom. The normalized spacial score (nSPS) is 33.1. The molecule has 0 amide bonds. The highest BCUT2D eigenvalue weighted by Crippen LogP contribution is 2.66. The van der Waals surface area contributed by atoms with Gasteiger partial charge in [0.1, 0.15) is 12.7 Å². The molecule has 2 aliphatic heterocycles. The highest BCUT2D eigenvalue weighted by Gasteiger charge is 2.67. The lowest BCUT2D eigenvalue weighted by Crippen LogP contribution is -2.69. The third-order valence-corrected chi connectivity index (χ3v) is 16.5. The lowest BCUT2D eigenvalue weighted by atomic mass is 9.45. The van der Waals surface area contributed by atoms with Crippen molar-refractivity contribution >= 4 is 30.6 Å². The average molecular weight is 629 g/mol. The minimum Gasteiger partial charge on any atom is -0.462 e. The van der Waals surface area contributed by atoms with Crippen LogP contribution in [0.5, 0.6) is 0 Å². The molecule has 2 aromatic carbocycles. The molecule has 0 radical (unpaired) electrons. The lowest BCUT2D eigenvalue weighted by molar-refractivity contribution is -0.190. The number of ether oxygens (including phenoxy) is 3. The van der Waals surface area contributed by atoms with Crippen LogP contribution < -0.4 is 10.4 Å². The molecule has 2 aromatic rings. The standard InChI is InChI=1S/C38H48O6Si/c1-27(39)44-33-20-22-36(5)31(19-23-38(26-42-38)32(36)18-17-28-21-24-41-34(28)40)37(33,6)25-43-45(35(2,3)4,29-13-9-7-10-14-29)30-15-11-8-12-16-30/h7-18,21,31-33H,19-20,22-26H2,1-6H3/b18-17+/t31-,32-,33+,36+,37-,38+/m0/s1. The molecule has 2 heterocycles. The molecule has 2 aliphatic carbocycles. The Labute approximate surface area is 269 Å². The molecule has 0 unspecified atom stereocenters. The van der Waals surface area contributed by atoms with Gasteiger partial charge in [0.15, 0.2) is 0 Å². The van der Waals surface area contributed by atoms with Gasteiger partial charge in [0.05, 0.1) is 17.8 Å². The molecule has 2 saturated carbocycles. The second-order valence-corrected chi connectivity index (χ2v) is 19.4. The van der Waals surface area contributed by atoms with E-state index < -0.39 is 13.7 Å². The van der Waals surface area contributed by atoms with Gasteiger partial charge in [-0.15, -0.1) is 0 Å². The van der Waals surface area contributed by atoms with Gasteiger partial charge < -0.3 is 18.6 Å². The van der Waals surface area contributed by atoms with Crippen LogP contribution in [0.25, 0.3) is 0 Å². The quantitative estimate of drug-likeness (QED) is 0.199. The predicted octanol–water partition coefficient (Wildman–Crippen LogP) is 6.14. The minimum absolute atomic E-state index is 0.114. The van der Waals surface area contributed by atoms with Gasteiger partial charge in [-0.1, -0.05) is 107 Å². The maximum atomic E-state index is 12.6. The summed E-state index contributed by atoms with van der Waals surface area (Å²) in [7, 11) is -2.84. The number of benzene rings is 2. The molecule has 0 aromatic heterocycles. The van der Waals surface area contributed by atoms with E-state index in [1.54, 1.807) is 0 Å². The number of epoxide rings is 1. The predicted molar refractivity (Wildman–Crippen MR) is 178 cm³/mol. The van der Waals surface area contributed by atoms with Crippen LogP contribution in [-0.2, 0) is 28.2 Å². The van der Waals surface area contributed by atoms with Crippen molar-refractivity contribution in [2.75, 3.05) is 19.8 Å². The van der Waals surface area contributed by atoms with Gasteiger partial charge in [0.2, 0.25) is 0 Å². The van der Waals surface area contributed by atoms with Gasteiger partial charge >= 0.3 is 11.9 Å². The summed E-state index contributed by atoms with van der Waals surface area (Å²) < 4.78 is 25.2. The van der Waals surface area contributed by atoms with Crippen LogP contribution in [0, 0.1) is 22.7 Å². The van der Waals surface area contributed by atoms with E-state index >= 15 is 0 Å². The second-order valence-electron chi connectivity index (χ2n) is 15.1. The van der Waals surface area contributed by atoms with Crippen molar-refractivity contribution in [1.29, 1.82) is 0 Å². The monoisotopic (exact) mass is 628 g/mol. The molecule has 6 rings (SSSR count). The number of hydrogen-bond acceptors (Lipinski definition) is 6. The van der Waals surface area contributed by atoms with Crippen LogP contribution in [0.4, 0.5) is 0 Å². The summed E-state index contributed by atoms with van der Waals surface area (Å²) in [6, 6.07) is 21.5. The summed E-state index contributed by atoms with van der Waals surface area (Å²) in [6.07, 6.45) is 9.28. The number of esters is 2.